The summed E-state index contributed by atoms with van der Waals surface area (Å²) < 4.78 is 15.1. The number of piperidine rings is 1. The van der Waals surface area contributed by atoms with E-state index in [0.29, 0.717) is 6.04 Å². The van der Waals surface area contributed by atoms with Crippen LogP contribution in [0.25, 0.3) is 0 Å². The lowest BCUT2D eigenvalue weighted by Gasteiger charge is -2.44. The summed E-state index contributed by atoms with van der Waals surface area (Å²) in [5, 5.41) is 4.38. The van der Waals surface area contributed by atoms with Gasteiger partial charge < -0.3 is 4.90 Å². The lowest BCUT2D eigenvalue weighted by Crippen LogP contribution is -2.55. The monoisotopic (exact) mass is 371 g/mol. The molecule has 0 radical (unpaired) electrons. The molecule has 2 aromatic rings. The second-order valence-electron chi connectivity index (χ2n) is 7.91. The predicted molar refractivity (Wildman–Crippen MR) is 106 cm³/mol. The number of aryl methyl sites for hydroxylation is 1. The van der Waals surface area contributed by atoms with Gasteiger partial charge in [-0.1, -0.05) is 0 Å². The van der Waals surface area contributed by atoms with Crippen molar-refractivity contribution in [3.8, 4) is 0 Å². The third-order valence-electron chi connectivity index (χ3n) is 6.23. The zero-order valence-electron chi connectivity index (χ0n) is 16.4. The molecule has 0 saturated carbocycles. The number of rotatable bonds is 4. The van der Waals surface area contributed by atoms with E-state index in [-0.39, 0.29) is 5.82 Å². The van der Waals surface area contributed by atoms with Crippen LogP contribution in [0.5, 0.6) is 0 Å². The van der Waals surface area contributed by atoms with Crippen LogP contribution in [-0.4, -0.2) is 64.9 Å². The van der Waals surface area contributed by atoms with Crippen LogP contribution < -0.4 is 4.90 Å². The van der Waals surface area contributed by atoms with Crippen molar-refractivity contribution in [2.75, 3.05) is 44.2 Å². The first-order valence-corrected chi connectivity index (χ1v) is 10.0. The molecule has 4 rings (SSSR count). The van der Waals surface area contributed by atoms with E-state index >= 15 is 0 Å². The van der Waals surface area contributed by atoms with E-state index in [1.54, 1.807) is 12.1 Å². The van der Waals surface area contributed by atoms with E-state index in [1.165, 1.54) is 30.6 Å². The zero-order chi connectivity index (χ0) is 18.8. The Labute approximate surface area is 161 Å². The highest BCUT2D eigenvalue weighted by Crippen LogP contribution is 2.22. The quantitative estimate of drug-likeness (QED) is 0.826. The lowest BCUT2D eigenvalue weighted by atomic mass is 10.0. The molecule has 1 aromatic heterocycles. The molecule has 1 aromatic carbocycles. The van der Waals surface area contributed by atoms with Crippen LogP contribution in [0, 0.1) is 12.7 Å². The Bertz CT molecular complexity index is 748. The Balaban J connectivity index is 1.31. The minimum atomic E-state index is -0.163. The van der Waals surface area contributed by atoms with Gasteiger partial charge in [-0.05, 0) is 50.6 Å². The minimum Gasteiger partial charge on any atom is -0.369 e. The van der Waals surface area contributed by atoms with Crippen molar-refractivity contribution in [2.45, 2.75) is 32.4 Å². The third kappa shape index (κ3) is 4.17. The molecule has 3 heterocycles. The molecule has 2 saturated heterocycles. The predicted octanol–water partition coefficient (Wildman–Crippen LogP) is 2.65. The molecule has 0 bridgehead atoms. The van der Waals surface area contributed by atoms with Gasteiger partial charge in [0.1, 0.15) is 5.82 Å². The van der Waals surface area contributed by atoms with E-state index in [4.69, 9.17) is 0 Å². The molecular weight excluding hydrogens is 341 g/mol. The molecule has 0 amide bonds. The van der Waals surface area contributed by atoms with Gasteiger partial charge >= 0.3 is 0 Å². The number of benzene rings is 1. The standard InChI is InChI=1S/C21H30FN5/c1-17-18(14-23-24(17)2)15-25-9-3-4-21(16-25)27-12-10-26(11-13-27)20-7-5-19(22)6-8-20/h5-8,14,21H,3-4,9-13,15-16H2,1-2H3. The summed E-state index contributed by atoms with van der Waals surface area (Å²) in [4.78, 5) is 7.61. The van der Waals surface area contributed by atoms with Crippen LogP contribution in [0.3, 0.4) is 0 Å². The van der Waals surface area contributed by atoms with Crippen LogP contribution in [0.1, 0.15) is 24.1 Å². The Morgan fingerprint density at radius 1 is 1.07 bits per heavy atom. The van der Waals surface area contributed by atoms with Gasteiger partial charge in [-0.25, -0.2) is 4.39 Å². The summed E-state index contributed by atoms with van der Waals surface area (Å²) in [5.41, 5.74) is 3.75. The van der Waals surface area contributed by atoms with Gasteiger partial charge in [-0.3, -0.25) is 14.5 Å². The smallest absolute Gasteiger partial charge is 0.123 e. The molecule has 27 heavy (non-hydrogen) atoms. The number of piperazine rings is 1. The molecule has 5 nitrogen and oxygen atoms in total. The Morgan fingerprint density at radius 2 is 1.81 bits per heavy atom. The first-order chi connectivity index (χ1) is 13.1. The molecule has 6 heteroatoms. The molecule has 2 aliphatic heterocycles. The van der Waals surface area contributed by atoms with Gasteiger partial charge in [0.15, 0.2) is 0 Å². The number of anilines is 1. The second kappa shape index (κ2) is 7.98. The number of hydrogen-bond donors (Lipinski definition) is 0. The fraction of sp³-hybridized carbons (Fsp3) is 0.571. The van der Waals surface area contributed by atoms with Crippen LogP contribution in [0.15, 0.2) is 30.5 Å². The molecule has 1 atom stereocenters. The average Bonchev–Trinajstić information content (AvgIpc) is 3.01. The molecule has 0 aliphatic carbocycles. The summed E-state index contributed by atoms with van der Waals surface area (Å²) in [5.74, 6) is -0.163. The maximum absolute atomic E-state index is 13.1. The van der Waals surface area contributed by atoms with Gasteiger partial charge in [0.25, 0.3) is 0 Å². The maximum Gasteiger partial charge on any atom is 0.123 e. The van der Waals surface area contributed by atoms with Crippen molar-refractivity contribution < 1.29 is 4.39 Å². The maximum atomic E-state index is 13.1. The highest BCUT2D eigenvalue weighted by Gasteiger charge is 2.28. The first-order valence-electron chi connectivity index (χ1n) is 10.0. The lowest BCUT2D eigenvalue weighted by molar-refractivity contribution is 0.0886. The number of halogens is 1. The number of hydrogen-bond acceptors (Lipinski definition) is 4. The van der Waals surface area contributed by atoms with E-state index in [2.05, 4.69) is 26.7 Å². The summed E-state index contributed by atoms with van der Waals surface area (Å²) in [6.45, 7) is 9.69. The number of likely N-dealkylation sites (tertiary alicyclic amines) is 1. The Hall–Kier alpha value is -1.92. The van der Waals surface area contributed by atoms with Crippen molar-refractivity contribution in [1.82, 2.24) is 19.6 Å². The highest BCUT2D eigenvalue weighted by molar-refractivity contribution is 5.46. The fourth-order valence-corrected chi connectivity index (χ4v) is 4.41. The molecule has 2 aliphatic rings. The van der Waals surface area contributed by atoms with Crippen LogP contribution in [0.4, 0.5) is 10.1 Å². The molecule has 146 valence electrons. The van der Waals surface area contributed by atoms with Crippen LogP contribution >= 0.6 is 0 Å². The van der Waals surface area contributed by atoms with Crippen molar-refractivity contribution >= 4 is 5.69 Å². The van der Waals surface area contributed by atoms with Gasteiger partial charge in [0.2, 0.25) is 0 Å². The summed E-state index contributed by atoms with van der Waals surface area (Å²) in [7, 11) is 2.01. The largest absolute Gasteiger partial charge is 0.369 e. The van der Waals surface area contributed by atoms with E-state index in [9.17, 15) is 4.39 Å². The van der Waals surface area contributed by atoms with Crippen molar-refractivity contribution in [3.05, 3.63) is 47.5 Å². The van der Waals surface area contributed by atoms with Gasteiger partial charge in [0.05, 0.1) is 6.20 Å². The normalized spacial score (nSPS) is 22.3. The van der Waals surface area contributed by atoms with Crippen molar-refractivity contribution in [3.63, 3.8) is 0 Å². The molecular formula is C21H30FN5. The molecule has 0 spiro atoms. The van der Waals surface area contributed by atoms with Gasteiger partial charge in [0, 0.05) is 69.3 Å². The first kappa shape index (κ1) is 18.4. The van der Waals surface area contributed by atoms with Gasteiger partial charge in [-0.15, -0.1) is 0 Å². The average molecular weight is 372 g/mol. The SMILES string of the molecule is Cc1c(CN2CCCC(N3CCN(c4ccc(F)cc4)CC3)C2)cnn1C. The summed E-state index contributed by atoms with van der Waals surface area (Å²) in [6, 6.07) is 7.54. The number of nitrogens with zero attached hydrogens (tertiary/aromatic N) is 5. The fourth-order valence-electron chi connectivity index (χ4n) is 4.41. The van der Waals surface area contributed by atoms with Crippen molar-refractivity contribution in [1.29, 1.82) is 0 Å². The summed E-state index contributed by atoms with van der Waals surface area (Å²) >= 11 is 0. The minimum absolute atomic E-state index is 0.163. The second-order valence-corrected chi connectivity index (χ2v) is 7.91. The van der Waals surface area contributed by atoms with Crippen molar-refractivity contribution in [2.24, 2.45) is 7.05 Å². The van der Waals surface area contributed by atoms with Gasteiger partial charge in [-0.2, -0.15) is 5.10 Å². The van der Waals surface area contributed by atoms with E-state index in [0.717, 1.165) is 45.0 Å². The Kier molecular flexibility index (Phi) is 5.45. The third-order valence-corrected chi connectivity index (χ3v) is 6.23. The van der Waals surface area contributed by atoms with Crippen LogP contribution in [0.2, 0.25) is 0 Å². The van der Waals surface area contributed by atoms with E-state index < -0.39 is 0 Å². The number of aromatic nitrogens is 2. The zero-order valence-corrected chi connectivity index (χ0v) is 16.4. The molecule has 2 fully saturated rings. The Morgan fingerprint density at radius 3 is 2.48 bits per heavy atom. The molecule has 1 unspecified atom stereocenters. The molecule has 0 N–H and O–H groups in total. The van der Waals surface area contributed by atoms with E-state index in [1.807, 2.05) is 30.1 Å². The van der Waals surface area contributed by atoms with Crippen LogP contribution in [-0.2, 0) is 13.6 Å². The summed E-state index contributed by atoms with van der Waals surface area (Å²) in [6.07, 6.45) is 4.57. The highest BCUT2D eigenvalue weighted by atomic mass is 19.1. The topological polar surface area (TPSA) is 27.5 Å².